The zero-order chi connectivity index (χ0) is 8.55. The van der Waals surface area contributed by atoms with Gasteiger partial charge in [0.2, 0.25) is 0 Å². The number of thiophene rings is 1. The second-order valence-electron chi connectivity index (χ2n) is 2.55. The Balaban J connectivity index is 2.71. The van der Waals surface area contributed by atoms with Gasteiger partial charge in [-0.1, -0.05) is 22.0 Å². The summed E-state index contributed by atoms with van der Waals surface area (Å²) in [7, 11) is 0. The third kappa shape index (κ3) is 1.45. The summed E-state index contributed by atoms with van der Waals surface area (Å²) in [5.74, 6) is 0. The molecule has 0 aliphatic carbocycles. The fourth-order valence-electron chi connectivity index (χ4n) is 1.13. The maximum Gasteiger partial charge on any atom is 0.0361 e. The average molecular weight is 306 g/mol. The van der Waals surface area contributed by atoms with Crippen molar-refractivity contribution in [2.24, 2.45) is 0 Å². The number of rotatable bonds is 1. The van der Waals surface area contributed by atoms with Crippen molar-refractivity contribution in [1.29, 1.82) is 0 Å². The number of benzene rings is 1. The highest BCUT2D eigenvalue weighted by atomic mass is 79.9. The maximum atomic E-state index is 3.53. The van der Waals surface area contributed by atoms with Gasteiger partial charge in [-0.2, -0.15) is 0 Å². The molecule has 2 aromatic rings. The van der Waals surface area contributed by atoms with Crippen LogP contribution < -0.4 is 0 Å². The molecule has 0 radical (unpaired) electrons. The Labute approximate surface area is 91.9 Å². The molecule has 0 fully saturated rings. The lowest BCUT2D eigenvalue weighted by Crippen LogP contribution is -1.74. The van der Waals surface area contributed by atoms with Crippen molar-refractivity contribution in [3.05, 3.63) is 33.6 Å². The Morgan fingerprint density at radius 3 is 2.92 bits per heavy atom. The Morgan fingerprint density at radius 2 is 2.17 bits per heavy atom. The van der Waals surface area contributed by atoms with Crippen molar-refractivity contribution in [3.63, 3.8) is 0 Å². The normalized spacial score (nSPS) is 10.8. The molecule has 0 amide bonds. The smallest absolute Gasteiger partial charge is 0.0361 e. The number of alkyl halides is 1. The minimum atomic E-state index is 0.922. The first-order valence-electron chi connectivity index (χ1n) is 3.53. The van der Waals surface area contributed by atoms with Gasteiger partial charge in [0.05, 0.1) is 0 Å². The number of halogens is 2. The molecular formula is C9H6Br2S. The van der Waals surface area contributed by atoms with E-state index in [9.17, 15) is 0 Å². The fourth-order valence-corrected chi connectivity index (χ4v) is 3.02. The van der Waals surface area contributed by atoms with Gasteiger partial charge in [-0.25, -0.2) is 0 Å². The molecule has 1 aromatic carbocycles. The van der Waals surface area contributed by atoms with Gasteiger partial charge in [0.25, 0.3) is 0 Å². The van der Waals surface area contributed by atoms with Gasteiger partial charge in [-0.15, -0.1) is 11.3 Å². The van der Waals surface area contributed by atoms with Gasteiger partial charge in [0.1, 0.15) is 0 Å². The SMILES string of the molecule is BrCc1ccc2scc(Br)c2c1. The van der Waals surface area contributed by atoms with E-state index in [1.54, 1.807) is 11.3 Å². The second kappa shape index (κ2) is 3.48. The van der Waals surface area contributed by atoms with Crippen LogP contribution in [0, 0.1) is 0 Å². The van der Waals surface area contributed by atoms with E-state index in [1.165, 1.54) is 20.1 Å². The van der Waals surface area contributed by atoms with E-state index in [-0.39, 0.29) is 0 Å². The van der Waals surface area contributed by atoms with Crippen LogP contribution in [0.1, 0.15) is 5.56 Å². The molecule has 0 unspecified atom stereocenters. The van der Waals surface area contributed by atoms with E-state index in [4.69, 9.17) is 0 Å². The van der Waals surface area contributed by atoms with Gasteiger partial charge in [0.15, 0.2) is 0 Å². The largest absolute Gasteiger partial charge is 0.143 e. The predicted molar refractivity (Wildman–Crippen MR) is 62.2 cm³/mol. The Kier molecular flexibility index (Phi) is 2.53. The van der Waals surface area contributed by atoms with Crippen molar-refractivity contribution in [2.45, 2.75) is 5.33 Å². The summed E-state index contributed by atoms with van der Waals surface area (Å²) in [4.78, 5) is 0. The summed E-state index contributed by atoms with van der Waals surface area (Å²) in [6.45, 7) is 0. The van der Waals surface area contributed by atoms with Gasteiger partial charge < -0.3 is 0 Å². The lowest BCUT2D eigenvalue weighted by Gasteiger charge is -1.95. The molecule has 0 atom stereocenters. The molecule has 0 aliphatic heterocycles. The molecule has 0 spiro atoms. The molecular weight excluding hydrogens is 300 g/mol. The van der Waals surface area contributed by atoms with Gasteiger partial charge in [-0.05, 0) is 33.6 Å². The molecule has 0 saturated carbocycles. The fraction of sp³-hybridized carbons (Fsp3) is 0.111. The molecule has 0 aliphatic rings. The lowest BCUT2D eigenvalue weighted by atomic mass is 10.2. The highest BCUT2D eigenvalue weighted by molar-refractivity contribution is 9.10. The summed E-state index contributed by atoms with van der Waals surface area (Å²) in [5, 5.41) is 4.37. The molecule has 0 bridgehead atoms. The van der Waals surface area contributed by atoms with Crippen molar-refractivity contribution >= 4 is 53.3 Å². The first kappa shape index (κ1) is 8.73. The first-order chi connectivity index (χ1) is 5.81. The van der Waals surface area contributed by atoms with Crippen LogP contribution in [-0.4, -0.2) is 0 Å². The summed E-state index contributed by atoms with van der Waals surface area (Å²) >= 11 is 8.74. The van der Waals surface area contributed by atoms with Crippen LogP contribution >= 0.6 is 43.2 Å². The Hall–Kier alpha value is 0.140. The number of hydrogen-bond donors (Lipinski definition) is 0. The maximum absolute atomic E-state index is 3.53. The Morgan fingerprint density at radius 1 is 1.33 bits per heavy atom. The monoisotopic (exact) mass is 304 g/mol. The molecule has 1 aromatic heterocycles. The van der Waals surface area contributed by atoms with Crippen molar-refractivity contribution in [3.8, 4) is 0 Å². The zero-order valence-electron chi connectivity index (χ0n) is 6.18. The van der Waals surface area contributed by atoms with Crippen LogP contribution in [0.25, 0.3) is 10.1 Å². The number of fused-ring (bicyclic) bond motifs is 1. The standard InChI is InChI=1S/C9H6Br2S/c10-4-6-1-2-9-7(3-6)8(11)5-12-9/h1-3,5H,4H2. The van der Waals surface area contributed by atoms with Crippen LogP contribution in [0.15, 0.2) is 28.1 Å². The molecule has 1 heterocycles. The van der Waals surface area contributed by atoms with Gasteiger partial charge in [0, 0.05) is 25.3 Å². The second-order valence-corrected chi connectivity index (χ2v) is 4.87. The predicted octanol–water partition coefficient (Wildman–Crippen LogP) is 4.56. The highest BCUT2D eigenvalue weighted by Crippen LogP contribution is 2.31. The molecule has 2 rings (SSSR count). The summed E-state index contributed by atoms with van der Waals surface area (Å²) in [5.41, 5.74) is 1.32. The lowest BCUT2D eigenvalue weighted by molar-refractivity contribution is 1.47. The summed E-state index contributed by atoms with van der Waals surface area (Å²) < 4.78 is 2.54. The molecule has 0 saturated heterocycles. The molecule has 0 nitrogen and oxygen atoms in total. The van der Waals surface area contributed by atoms with E-state index in [0.29, 0.717) is 0 Å². The Bertz CT molecular complexity index is 406. The molecule has 12 heavy (non-hydrogen) atoms. The molecule has 62 valence electrons. The zero-order valence-corrected chi connectivity index (χ0v) is 10.2. The quantitative estimate of drug-likeness (QED) is 0.678. The van der Waals surface area contributed by atoms with Crippen LogP contribution in [0.3, 0.4) is 0 Å². The van der Waals surface area contributed by atoms with Crippen molar-refractivity contribution in [2.75, 3.05) is 0 Å². The van der Waals surface area contributed by atoms with Crippen LogP contribution in [0.4, 0.5) is 0 Å². The van der Waals surface area contributed by atoms with E-state index in [2.05, 4.69) is 55.4 Å². The van der Waals surface area contributed by atoms with Crippen LogP contribution in [0.5, 0.6) is 0 Å². The average Bonchev–Trinajstić information content (AvgIpc) is 2.47. The van der Waals surface area contributed by atoms with E-state index in [0.717, 1.165) is 5.33 Å². The highest BCUT2D eigenvalue weighted by Gasteiger charge is 2.01. The topological polar surface area (TPSA) is 0 Å². The van der Waals surface area contributed by atoms with E-state index in [1.807, 2.05) is 0 Å². The van der Waals surface area contributed by atoms with E-state index < -0.39 is 0 Å². The summed E-state index contributed by atoms with van der Waals surface area (Å²) in [6, 6.07) is 6.53. The van der Waals surface area contributed by atoms with E-state index >= 15 is 0 Å². The third-order valence-electron chi connectivity index (χ3n) is 1.74. The van der Waals surface area contributed by atoms with Gasteiger partial charge in [-0.3, -0.25) is 0 Å². The minimum absolute atomic E-state index is 0.922. The van der Waals surface area contributed by atoms with Crippen LogP contribution in [0.2, 0.25) is 0 Å². The van der Waals surface area contributed by atoms with Gasteiger partial charge >= 0.3 is 0 Å². The molecule has 0 N–H and O–H groups in total. The minimum Gasteiger partial charge on any atom is -0.143 e. The third-order valence-corrected chi connectivity index (χ3v) is 4.32. The van der Waals surface area contributed by atoms with Crippen molar-refractivity contribution < 1.29 is 0 Å². The molecule has 3 heteroatoms. The summed E-state index contributed by atoms with van der Waals surface area (Å²) in [6.07, 6.45) is 0. The van der Waals surface area contributed by atoms with Crippen LogP contribution in [-0.2, 0) is 5.33 Å². The number of hydrogen-bond acceptors (Lipinski definition) is 1. The first-order valence-corrected chi connectivity index (χ1v) is 6.32. The van der Waals surface area contributed by atoms with Crippen molar-refractivity contribution in [1.82, 2.24) is 0 Å².